The Morgan fingerprint density at radius 2 is 2.33 bits per heavy atom. The molecule has 0 saturated carbocycles. The fraction of sp³-hybridized carbons (Fsp3) is 0.364. The number of thiazole rings is 1. The third-order valence-corrected chi connectivity index (χ3v) is 3.82. The van der Waals surface area contributed by atoms with Gasteiger partial charge in [-0.05, 0) is 7.05 Å². The van der Waals surface area contributed by atoms with E-state index >= 15 is 0 Å². The van der Waals surface area contributed by atoms with Gasteiger partial charge in [0.25, 0.3) is 5.91 Å². The minimum Gasteiger partial charge on any atom is -0.364 e. The molecule has 94 valence electrons. The number of hydrogen-bond acceptors (Lipinski definition) is 5. The van der Waals surface area contributed by atoms with Crippen molar-refractivity contribution in [1.82, 2.24) is 19.4 Å². The fourth-order valence-electron chi connectivity index (χ4n) is 2.19. The molecule has 2 N–H and O–H groups in total. The standard InChI is InChI=1S/C11H13N5OS/c1-15-3-4-16-7(6-15)8(9(12)17)14-10(16)11-13-2-5-18-11/h2,5H,3-4,6H2,1H3,(H2,12,17). The highest BCUT2D eigenvalue weighted by atomic mass is 32.1. The molecule has 0 atom stereocenters. The number of carbonyl (C=O) groups excluding carboxylic acids is 1. The van der Waals surface area contributed by atoms with Crippen LogP contribution in [0, 0.1) is 0 Å². The van der Waals surface area contributed by atoms with Gasteiger partial charge in [0.05, 0.1) is 5.69 Å². The molecule has 0 saturated heterocycles. The Morgan fingerprint density at radius 3 is 3.00 bits per heavy atom. The number of amides is 1. The summed E-state index contributed by atoms with van der Waals surface area (Å²) in [6.45, 7) is 2.43. The molecule has 1 amide bonds. The lowest BCUT2D eigenvalue weighted by atomic mass is 10.2. The molecule has 0 radical (unpaired) electrons. The number of imidazole rings is 1. The minimum atomic E-state index is -0.475. The van der Waals surface area contributed by atoms with E-state index in [0.29, 0.717) is 12.2 Å². The van der Waals surface area contributed by atoms with Crippen LogP contribution < -0.4 is 5.73 Å². The number of primary amides is 1. The van der Waals surface area contributed by atoms with Crippen molar-refractivity contribution in [2.24, 2.45) is 5.73 Å². The number of fused-ring (bicyclic) bond motifs is 1. The number of nitrogens with zero attached hydrogens (tertiary/aromatic N) is 4. The zero-order valence-electron chi connectivity index (χ0n) is 9.96. The average molecular weight is 263 g/mol. The molecule has 0 fully saturated rings. The lowest BCUT2D eigenvalue weighted by Crippen LogP contribution is -2.31. The van der Waals surface area contributed by atoms with Crippen LogP contribution in [0.1, 0.15) is 16.2 Å². The lowest BCUT2D eigenvalue weighted by Gasteiger charge is -2.25. The van der Waals surface area contributed by atoms with E-state index in [1.807, 2.05) is 12.4 Å². The van der Waals surface area contributed by atoms with Crippen molar-refractivity contribution in [3.05, 3.63) is 23.0 Å². The molecule has 6 nitrogen and oxygen atoms in total. The molecule has 0 aliphatic carbocycles. The van der Waals surface area contributed by atoms with Gasteiger partial charge in [-0.2, -0.15) is 0 Å². The predicted molar refractivity (Wildman–Crippen MR) is 68.2 cm³/mol. The van der Waals surface area contributed by atoms with Crippen LogP contribution in [0.4, 0.5) is 0 Å². The predicted octanol–water partition coefficient (Wildman–Crippen LogP) is 0.551. The minimum absolute atomic E-state index is 0.367. The van der Waals surface area contributed by atoms with Gasteiger partial charge in [-0.15, -0.1) is 11.3 Å². The molecule has 18 heavy (non-hydrogen) atoms. The summed E-state index contributed by atoms with van der Waals surface area (Å²) in [6.07, 6.45) is 1.74. The molecule has 3 rings (SSSR count). The largest absolute Gasteiger partial charge is 0.364 e. The zero-order valence-corrected chi connectivity index (χ0v) is 10.8. The Bertz CT molecular complexity index is 589. The van der Waals surface area contributed by atoms with Crippen LogP contribution in [0.15, 0.2) is 11.6 Å². The van der Waals surface area contributed by atoms with E-state index in [-0.39, 0.29) is 0 Å². The average Bonchev–Trinajstić information content (AvgIpc) is 2.93. The van der Waals surface area contributed by atoms with Crippen LogP contribution in [-0.4, -0.2) is 38.9 Å². The van der Waals surface area contributed by atoms with Crippen molar-refractivity contribution in [1.29, 1.82) is 0 Å². The summed E-state index contributed by atoms with van der Waals surface area (Å²) >= 11 is 1.51. The topological polar surface area (TPSA) is 77.0 Å². The van der Waals surface area contributed by atoms with E-state index in [1.165, 1.54) is 11.3 Å². The molecular formula is C11H13N5OS. The third-order valence-electron chi connectivity index (χ3n) is 3.05. The van der Waals surface area contributed by atoms with Gasteiger partial charge >= 0.3 is 0 Å². The Morgan fingerprint density at radius 1 is 1.50 bits per heavy atom. The smallest absolute Gasteiger partial charge is 0.269 e. The van der Waals surface area contributed by atoms with Crippen molar-refractivity contribution in [2.75, 3.05) is 13.6 Å². The van der Waals surface area contributed by atoms with Crippen molar-refractivity contribution >= 4 is 17.2 Å². The first-order valence-corrected chi connectivity index (χ1v) is 6.52. The molecule has 0 aromatic carbocycles. The number of rotatable bonds is 2. The maximum absolute atomic E-state index is 11.5. The van der Waals surface area contributed by atoms with E-state index < -0.39 is 5.91 Å². The van der Waals surface area contributed by atoms with Crippen LogP contribution in [0.3, 0.4) is 0 Å². The maximum Gasteiger partial charge on any atom is 0.269 e. The highest BCUT2D eigenvalue weighted by Crippen LogP contribution is 2.27. The normalized spacial score (nSPS) is 15.6. The first-order chi connectivity index (χ1) is 8.66. The van der Waals surface area contributed by atoms with Gasteiger partial charge in [0.1, 0.15) is 0 Å². The maximum atomic E-state index is 11.5. The summed E-state index contributed by atoms with van der Waals surface area (Å²) in [4.78, 5) is 22.3. The highest BCUT2D eigenvalue weighted by molar-refractivity contribution is 7.13. The van der Waals surface area contributed by atoms with Crippen LogP contribution >= 0.6 is 11.3 Å². The second kappa shape index (κ2) is 4.18. The van der Waals surface area contributed by atoms with E-state index in [9.17, 15) is 4.79 Å². The Balaban J connectivity index is 2.17. The van der Waals surface area contributed by atoms with Gasteiger partial charge in [0.2, 0.25) is 0 Å². The van der Waals surface area contributed by atoms with E-state index in [2.05, 4.69) is 19.4 Å². The second-order valence-electron chi connectivity index (χ2n) is 4.32. The molecule has 7 heteroatoms. The summed E-state index contributed by atoms with van der Waals surface area (Å²) in [5, 5.41) is 2.73. The zero-order chi connectivity index (χ0) is 12.7. The second-order valence-corrected chi connectivity index (χ2v) is 5.22. The summed E-state index contributed by atoms with van der Waals surface area (Å²) in [5.74, 6) is 0.277. The van der Waals surface area contributed by atoms with Crippen LogP contribution in [0.5, 0.6) is 0 Å². The molecule has 1 aliphatic rings. The van der Waals surface area contributed by atoms with Gasteiger partial charge in [0.15, 0.2) is 16.5 Å². The molecule has 0 bridgehead atoms. The molecule has 2 aromatic rings. The lowest BCUT2D eigenvalue weighted by molar-refractivity contribution is 0.0993. The van der Waals surface area contributed by atoms with E-state index in [1.54, 1.807) is 6.20 Å². The van der Waals surface area contributed by atoms with Crippen molar-refractivity contribution < 1.29 is 4.79 Å². The van der Waals surface area contributed by atoms with E-state index in [0.717, 1.165) is 29.6 Å². The first-order valence-electron chi connectivity index (χ1n) is 5.64. The Kier molecular flexibility index (Phi) is 2.64. The monoisotopic (exact) mass is 263 g/mol. The summed E-state index contributed by atoms with van der Waals surface area (Å²) in [5.41, 5.74) is 6.66. The molecule has 0 unspecified atom stereocenters. The molecule has 3 heterocycles. The molecular weight excluding hydrogens is 250 g/mol. The van der Waals surface area contributed by atoms with Gasteiger partial charge in [-0.3, -0.25) is 9.69 Å². The summed E-state index contributed by atoms with van der Waals surface area (Å²) < 4.78 is 2.05. The molecule has 2 aromatic heterocycles. The quantitative estimate of drug-likeness (QED) is 0.858. The third kappa shape index (κ3) is 1.72. The van der Waals surface area contributed by atoms with Crippen LogP contribution in [-0.2, 0) is 13.1 Å². The van der Waals surface area contributed by atoms with Gasteiger partial charge in [-0.25, -0.2) is 9.97 Å². The summed E-state index contributed by atoms with van der Waals surface area (Å²) in [7, 11) is 2.02. The van der Waals surface area contributed by atoms with Crippen molar-refractivity contribution in [3.63, 3.8) is 0 Å². The number of nitrogens with two attached hydrogens (primary N) is 1. The summed E-state index contributed by atoms with van der Waals surface area (Å²) in [6, 6.07) is 0. The molecule has 0 spiro atoms. The number of hydrogen-bond donors (Lipinski definition) is 1. The van der Waals surface area contributed by atoms with Crippen molar-refractivity contribution in [3.8, 4) is 10.8 Å². The highest BCUT2D eigenvalue weighted by Gasteiger charge is 2.26. The van der Waals surface area contributed by atoms with Gasteiger partial charge in [0, 0.05) is 31.2 Å². The number of carbonyl (C=O) groups is 1. The number of aromatic nitrogens is 3. The molecule has 1 aliphatic heterocycles. The Labute approximate surface area is 108 Å². The van der Waals surface area contributed by atoms with Gasteiger partial charge < -0.3 is 10.3 Å². The van der Waals surface area contributed by atoms with Crippen molar-refractivity contribution in [2.45, 2.75) is 13.1 Å². The van der Waals surface area contributed by atoms with Crippen LogP contribution in [0.25, 0.3) is 10.8 Å². The Hall–Kier alpha value is -1.73. The SMILES string of the molecule is CN1CCn2c(-c3nccs3)nc(C(N)=O)c2C1. The first kappa shape index (κ1) is 11.4. The van der Waals surface area contributed by atoms with Gasteiger partial charge in [-0.1, -0.05) is 0 Å². The van der Waals surface area contributed by atoms with E-state index in [4.69, 9.17) is 5.73 Å². The fourth-order valence-corrected chi connectivity index (χ4v) is 2.82. The van der Waals surface area contributed by atoms with Crippen LogP contribution in [0.2, 0.25) is 0 Å². The number of likely N-dealkylation sites (N-methyl/N-ethyl adjacent to an activating group) is 1.